The Morgan fingerprint density at radius 1 is 0.655 bits per heavy atom. The second kappa shape index (κ2) is 9.03. The molecule has 0 bridgehead atoms. The first kappa shape index (κ1) is 20.8. The Hall–Kier alpha value is -2.95. The van der Waals surface area contributed by atoms with Crippen LogP contribution in [0.2, 0.25) is 0 Å². The summed E-state index contributed by atoms with van der Waals surface area (Å²) in [6, 6.07) is 29.4. The molecule has 29 heavy (non-hydrogen) atoms. The maximum absolute atomic E-state index is 10.8. The minimum absolute atomic E-state index is 0.0730. The minimum Gasteiger partial charge on any atom is -0.282 e. The summed E-state index contributed by atoms with van der Waals surface area (Å²) in [7, 11) is -4.09. The predicted molar refractivity (Wildman–Crippen MR) is 119 cm³/mol. The first-order chi connectivity index (χ1) is 13.8. The van der Waals surface area contributed by atoms with E-state index in [1.165, 1.54) is 34.4 Å². The van der Waals surface area contributed by atoms with Gasteiger partial charge in [-0.25, -0.2) is 0 Å². The van der Waals surface area contributed by atoms with E-state index in [0.717, 1.165) is 17.2 Å². The molecule has 3 nitrogen and oxygen atoms in total. The second-order valence-electron chi connectivity index (χ2n) is 7.13. The quantitative estimate of drug-likeness (QED) is 0.427. The van der Waals surface area contributed by atoms with Crippen molar-refractivity contribution in [2.45, 2.75) is 25.2 Å². The lowest BCUT2D eigenvalue weighted by molar-refractivity contribution is 0.483. The van der Waals surface area contributed by atoms with E-state index in [2.05, 4.69) is 62.4 Å². The minimum atomic E-state index is -4.09. The van der Waals surface area contributed by atoms with Crippen molar-refractivity contribution in [1.82, 2.24) is 0 Å². The van der Waals surface area contributed by atoms with Gasteiger partial charge in [-0.05, 0) is 54.3 Å². The van der Waals surface area contributed by atoms with Crippen LogP contribution < -0.4 is 0 Å². The average molecular weight is 405 g/mol. The van der Waals surface area contributed by atoms with Gasteiger partial charge in [0.05, 0.1) is 4.90 Å². The van der Waals surface area contributed by atoms with Crippen molar-refractivity contribution in [3.05, 3.63) is 113 Å². The first-order valence-electron chi connectivity index (χ1n) is 9.39. The van der Waals surface area contributed by atoms with Gasteiger partial charge in [0, 0.05) is 0 Å². The molecule has 4 heteroatoms. The Morgan fingerprint density at radius 3 is 1.62 bits per heavy atom. The molecule has 4 aromatic rings. The second-order valence-corrected chi connectivity index (χ2v) is 8.55. The van der Waals surface area contributed by atoms with Gasteiger partial charge in [-0.3, -0.25) is 4.55 Å². The Labute approximate surface area is 172 Å². The van der Waals surface area contributed by atoms with E-state index in [1.54, 1.807) is 12.1 Å². The van der Waals surface area contributed by atoms with Gasteiger partial charge < -0.3 is 0 Å². The van der Waals surface area contributed by atoms with Gasteiger partial charge in [0.2, 0.25) is 0 Å². The van der Waals surface area contributed by atoms with Crippen LogP contribution in [0.15, 0.2) is 95.9 Å². The monoisotopic (exact) mass is 404 g/mol. The van der Waals surface area contributed by atoms with E-state index in [9.17, 15) is 8.42 Å². The van der Waals surface area contributed by atoms with Crippen molar-refractivity contribution in [3.63, 3.8) is 0 Å². The van der Waals surface area contributed by atoms with Crippen molar-refractivity contribution in [2.75, 3.05) is 0 Å². The van der Waals surface area contributed by atoms with Crippen LogP contribution in [-0.4, -0.2) is 13.0 Å². The molecular formula is C25H24O3S. The molecule has 0 heterocycles. The van der Waals surface area contributed by atoms with E-state index in [0.29, 0.717) is 0 Å². The highest BCUT2D eigenvalue weighted by Gasteiger charge is 2.08. The van der Waals surface area contributed by atoms with Crippen LogP contribution in [-0.2, 0) is 16.5 Å². The molecule has 0 radical (unpaired) electrons. The molecule has 4 rings (SSSR count). The van der Waals surface area contributed by atoms with Gasteiger partial charge in [0.1, 0.15) is 0 Å². The molecule has 0 amide bonds. The fourth-order valence-electron chi connectivity index (χ4n) is 2.98. The highest BCUT2D eigenvalue weighted by molar-refractivity contribution is 7.85. The van der Waals surface area contributed by atoms with Crippen LogP contribution in [0.4, 0.5) is 0 Å². The number of fused-ring (bicyclic) bond motifs is 1. The number of hydrogen-bond donors (Lipinski definition) is 1. The molecule has 0 saturated heterocycles. The lowest BCUT2D eigenvalue weighted by Crippen LogP contribution is -1.97. The summed E-state index contributed by atoms with van der Waals surface area (Å²) in [4.78, 5) is -0.0730. The van der Waals surface area contributed by atoms with E-state index >= 15 is 0 Å². The fourth-order valence-corrected chi connectivity index (χ4v) is 3.49. The van der Waals surface area contributed by atoms with Crippen LogP contribution in [0, 0.1) is 13.8 Å². The third-order valence-corrected chi connectivity index (χ3v) is 5.52. The van der Waals surface area contributed by atoms with Gasteiger partial charge in [-0.1, -0.05) is 90.0 Å². The maximum Gasteiger partial charge on any atom is 0.294 e. The summed E-state index contributed by atoms with van der Waals surface area (Å²) in [6.45, 7) is 4.24. The average Bonchev–Trinajstić information content (AvgIpc) is 2.71. The molecule has 0 unspecified atom stereocenters. The Kier molecular flexibility index (Phi) is 6.47. The van der Waals surface area contributed by atoms with Crippen molar-refractivity contribution in [2.24, 2.45) is 0 Å². The van der Waals surface area contributed by atoms with Crippen molar-refractivity contribution >= 4 is 20.9 Å². The van der Waals surface area contributed by atoms with Gasteiger partial charge in [-0.2, -0.15) is 8.42 Å². The summed E-state index contributed by atoms with van der Waals surface area (Å²) in [5.74, 6) is 0. The van der Waals surface area contributed by atoms with E-state index in [-0.39, 0.29) is 4.90 Å². The molecule has 0 aromatic heterocycles. The number of benzene rings is 4. The van der Waals surface area contributed by atoms with Crippen LogP contribution >= 0.6 is 0 Å². The van der Waals surface area contributed by atoms with Crippen LogP contribution in [0.1, 0.15) is 22.3 Å². The molecular weight excluding hydrogens is 380 g/mol. The van der Waals surface area contributed by atoms with E-state index < -0.39 is 10.1 Å². The summed E-state index contributed by atoms with van der Waals surface area (Å²) >= 11 is 0. The van der Waals surface area contributed by atoms with Crippen molar-refractivity contribution < 1.29 is 13.0 Å². The molecule has 148 valence electrons. The van der Waals surface area contributed by atoms with E-state index in [4.69, 9.17) is 4.55 Å². The SMILES string of the molecule is Cc1ccc(Cc2ccc(C)cc2)cc1.O=S(=O)(O)c1ccc2ccccc2c1. The van der Waals surface area contributed by atoms with E-state index in [1.807, 2.05) is 18.2 Å². The molecule has 4 aromatic carbocycles. The standard InChI is InChI=1S/C15H16.C10H8O3S/c1-12-3-7-14(8-4-12)11-15-9-5-13(2)6-10-15;11-14(12,13)10-6-5-8-3-1-2-4-9(8)7-10/h3-10H,11H2,1-2H3;1-7H,(H,11,12,13). The summed E-state index contributed by atoms with van der Waals surface area (Å²) in [5, 5.41) is 1.74. The predicted octanol–water partition coefficient (Wildman–Crippen LogP) is 5.98. The highest BCUT2D eigenvalue weighted by Crippen LogP contribution is 2.18. The number of rotatable bonds is 3. The Bertz CT molecular complexity index is 1150. The fraction of sp³-hybridized carbons (Fsp3) is 0.120. The smallest absolute Gasteiger partial charge is 0.282 e. The molecule has 0 fully saturated rings. The van der Waals surface area contributed by atoms with Crippen molar-refractivity contribution in [1.29, 1.82) is 0 Å². The lowest BCUT2D eigenvalue weighted by Gasteiger charge is -2.03. The zero-order valence-electron chi connectivity index (χ0n) is 16.5. The van der Waals surface area contributed by atoms with Gasteiger partial charge >= 0.3 is 0 Å². The highest BCUT2D eigenvalue weighted by atomic mass is 32.2. The molecule has 0 saturated carbocycles. The van der Waals surface area contributed by atoms with Crippen molar-refractivity contribution in [3.8, 4) is 0 Å². The third kappa shape index (κ3) is 6.01. The zero-order valence-corrected chi connectivity index (χ0v) is 17.4. The van der Waals surface area contributed by atoms with Crippen LogP contribution in [0.3, 0.4) is 0 Å². The Morgan fingerprint density at radius 2 is 1.14 bits per heavy atom. The molecule has 0 aliphatic rings. The van der Waals surface area contributed by atoms with Crippen LogP contribution in [0.25, 0.3) is 10.8 Å². The lowest BCUT2D eigenvalue weighted by atomic mass is 10.0. The first-order valence-corrected chi connectivity index (χ1v) is 10.8. The largest absolute Gasteiger partial charge is 0.294 e. The molecule has 0 aliphatic carbocycles. The Balaban J connectivity index is 0.000000166. The van der Waals surface area contributed by atoms with Gasteiger partial charge in [0.15, 0.2) is 0 Å². The van der Waals surface area contributed by atoms with Gasteiger partial charge in [0.25, 0.3) is 10.1 Å². The third-order valence-electron chi connectivity index (χ3n) is 4.67. The van der Waals surface area contributed by atoms with Gasteiger partial charge in [-0.15, -0.1) is 0 Å². The summed E-state index contributed by atoms with van der Waals surface area (Å²) in [5.41, 5.74) is 5.40. The number of aryl methyl sites for hydroxylation is 2. The number of hydrogen-bond acceptors (Lipinski definition) is 2. The maximum atomic E-state index is 10.8. The molecule has 0 aliphatic heterocycles. The molecule has 0 atom stereocenters. The normalized spacial score (nSPS) is 11.0. The molecule has 0 spiro atoms. The zero-order chi connectivity index (χ0) is 20.9. The topological polar surface area (TPSA) is 54.4 Å². The summed E-state index contributed by atoms with van der Waals surface area (Å²) < 4.78 is 30.5. The molecule has 1 N–H and O–H groups in total. The summed E-state index contributed by atoms with van der Waals surface area (Å²) in [6.07, 6.45) is 1.03. The van der Waals surface area contributed by atoms with Crippen LogP contribution in [0.5, 0.6) is 0 Å².